The lowest BCUT2D eigenvalue weighted by atomic mass is 9.96. The standard InChI is InChI=1S/C16H19N5O3S/c22-13(19-15(23)18-12-6-2-1-3-7-12)10-25-16-21-20-14(24-16)11-5-4-8-17-9-11/h4-5,8-9,12H,1-3,6-7,10H2,(H2,18,19,22,23). The average molecular weight is 361 g/mol. The van der Waals surface area contributed by atoms with Gasteiger partial charge < -0.3 is 9.73 Å². The Morgan fingerprint density at radius 1 is 1.24 bits per heavy atom. The molecule has 25 heavy (non-hydrogen) atoms. The summed E-state index contributed by atoms with van der Waals surface area (Å²) in [6.07, 6.45) is 8.64. The number of nitrogens with one attached hydrogen (secondary N) is 2. The van der Waals surface area contributed by atoms with Crippen LogP contribution in [0.15, 0.2) is 34.2 Å². The van der Waals surface area contributed by atoms with Crippen LogP contribution in [0, 0.1) is 0 Å². The summed E-state index contributed by atoms with van der Waals surface area (Å²) in [5.41, 5.74) is 0.707. The van der Waals surface area contributed by atoms with Gasteiger partial charge in [-0.1, -0.05) is 31.0 Å². The van der Waals surface area contributed by atoms with Gasteiger partial charge in [-0.05, 0) is 25.0 Å². The molecule has 8 nitrogen and oxygen atoms in total. The molecule has 1 fully saturated rings. The third-order valence-corrected chi connectivity index (χ3v) is 4.65. The van der Waals surface area contributed by atoms with Gasteiger partial charge in [-0.25, -0.2) is 4.79 Å². The third-order valence-electron chi connectivity index (χ3n) is 3.84. The fourth-order valence-electron chi connectivity index (χ4n) is 2.63. The highest BCUT2D eigenvalue weighted by molar-refractivity contribution is 7.99. The van der Waals surface area contributed by atoms with Crippen molar-refractivity contribution in [2.45, 2.75) is 43.4 Å². The molecule has 1 aliphatic carbocycles. The van der Waals surface area contributed by atoms with E-state index in [2.05, 4.69) is 25.8 Å². The first-order valence-corrected chi connectivity index (χ1v) is 9.16. The molecule has 0 bridgehead atoms. The molecule has 2 aromatic heterocycles. The van der Waals surface area contributed by atoms with E-state index in [9.17, 15) is 9.59 Å². The van der Waals surface area contributed by atoms with Crippen molar-refractivity contribution in [2.75, 3.05) is 5.75 Å². The molecule has 2 heterocycles. The smallest absolute Gasteiger partial charge is 0.321 e. The van der Waals surface area contributed by atoms with Crippen molar-refractivity contribution < 1.29 is 14.0 Å². The van der Waals surface area contributed by atoms with Crippen LogP contribution in [0.25, 0.3) is 11.5 Å². The van der Waals surface area contributed by atoms with E-state index in [1.165, 1.54) is 6.42 Å². The molecule has 3 rings (SSSR count). The van der Waals surface area contributed by atoms with Crippen LogP contribution in [0.3, 0.4) is 0 Å². The molecule has 9 heteroatoms. The van der Waals surface area contributed by atoms with E-state index in [4.69, 9.17) is 4.42 Å². The van der Waals surface area contributed by atoms with E-state index in [1.54, 1.807) is 24.5 Å². The lowest BCUT2D eigenvalue weighted by Gasteiger charge is -2.22. The minimum absolute atomic E-state index is 0.0206. The van der Waals surface area contributed by atoms with Crippen LogP contribution in [0.2, 0.25) is 0 Å². The van der Waals surface area contributed by atoms with Crippen LogP contribution in [0.1, 0.15) is 32.1 Å². The van der Waals surface area contributed by atoms with Crippen molar-refractivity contribution in [3.05, 3.63) is 24.5 Å². The molecule has 132 valence electrons. The lowest BCUT2D eigenvalue weighted by molar-refractivity contribution is -0.117. The highest BCUT2D eigenvalue weighted by Gasteiger charge is 2.17. The summed E-state index contributed by atoms with van der Waals surface area (Å²) >= 11 is 1.08. The number of amides is 3. The number of hydrogen-bond acceptors (Lipinski definition) is 7. The first kappa shape index (κ1) is 17.4. The molecule has 0 atom stereocenters. The zero-order chi connectivity index (χ0) is 17.5. The fourth-order valence-corrected chi connectivity index (χ4v) is 3.20. The van der Waals surface area contributed by atoms with Crippen molar-refractivity contribution in [1.82, 2.24) is 25.8 Å². The average Bonchev–Trinajstić information content (AvgIpc) is 3.10. The van der Waals surface area contributed by atoms with E-state index in [0.29, 0.717) is 11.5 Å². The van der Waals surface area contributed by atoms with Gasteiger partial charge in [-0.3, -0.25) is 15.1 Å². The Balaban J connectivity index is 1.43. The number of aromatic nitrogens is 3. The number of pyridine rings is 1. The predicted octanol–water partition coefficient (Wildman–Crippen LogP) is 2.38. The summed E-state index contributed by atoms with van der Waals surface area (Å²) in [6, 6.07) is 3.29. The Bertz CT molecular complexity index is 716. The largest absolute Gasteiger partial charge is 0.411 e. The summed E-state index contributed by atoms with van der Waals surface area (Å²) in [6.45, 7) is 0. The number of hydrogen-bond donors (Lipinski definition) is 2. The van der Waals surface area contributed by atoms with E-state index in [0.717, 1.165) is 37.4 Å². The second-order valence-electron chi connectivity index (χ2n) is 5.76. The second-order valence-corrected chi connectivity index (χ2v) is 6.69. The molecule has 0 spiro atoms. The van der Waals surface area contributed by atoms with Crippen LogP contribution in [0.5, 0.6) is 0 Å². The van der Waals surface area contributed by atoms with Crippen molar-refractivity contribution in [3.8, 4) is 11.5 Å². The molecule has 1 aliphatic rings. The van der Waals surface area contributed by atoms with Crippen LogP contribution in [0.4, 0.5) is 4.79 Å². The first-order valence-electron chi connectivity index (χ1n) is 8.18. The van der Waals surface area contributed by atoms with E-state index >= 15 is 0 Å². The number of rotatable bonds is 5. The maximum Gasteiger partial charge on any atom is 0.321 e. The molecule has 2 aromatic rings. The normalized spacial score (nSPS) is 14.9. The van der Waals surface area contributed by atoms with Gasteiger partial charge in [0.15, 0.2) is 0 Å². The number of carbonyl (C=O) groups is 2. The Morgan fingerprint density at radius 2 is 2.08 bits per heavy atom. The monoisotopic (exact) mass is 361 g/mol. The molecule has 1 saturated carbocycles. The lowest BCUT2D eigenvalue weighted by Crippen LogP contribution is -2.45. The summed E-state index contributed by atoms with van der Waals surface area (Å²) in [5, 5.41) is 13.2. The molecule has 0 radical (unpaired) electrons. The Morgan fingerprint density at radius 3 is 2.84 bits per heavy atom. The first-order chi connectivity index (χ1) is 12.2. The number of carbonyl (C=O) groups excluding carboxylic acids is 2. The van der Waals surface area contributed by atoms with Gasteiger partial charge in [-0.15, -0.1) is 10.2 Å². The van der Waals surface area contributed by atoms with Gasteiger partial charge in [0, 0.05) is 18.4 Å². The summed E-state index contributed by atoms with van der Waals surface area (Å²) < 4.78 is 5.47. The van der Waals surface area contributed by atoms with Crippen molar-refractivity contribution in [3.63, 3.8) is 0 Å². The number of urea groups is 1. The van der Waals surface area contributed by atoms with Gasteiger partial charge in [-0.2, -0.15) is 0 Å². The molecule has 3 amide bonds. The molecule has 0 saturated heterocycles. The van der Waals surface area contributed by atoms with Crippen molar-refractivity contribution in [2.24, 2.45) is 0 Å². The third kappa shape index (κ3) is 5.28. The molecular formula is C16H19N5O3S. The summed E-state index contributed by atoms with van der Waals surface area (Å²) in [5.74, 6) is -0.0438. The zero-order valence-electron chi connectivity index (χ0n) is 13.6. The van der Waals surface area contributed by atoms with Gasteiger partial charge in [0.2, 0.25) is 11.8 Å². The van der Waals surface area contributed by atoms with E-state index in [1.807, 2.05) is 0 Å². The fraction of sp³-hybridized carbons (Fsp3) is 0.438. The maximum absolute atomic E-state index is 11.9. The van der Waals surface area contributed by atoms with Gasteiger partial charge in [0.05, 0.1) is 11.3 Å². The van der Waals surface area contributed by atoms with Crippen molar-refractivity contribution in [1.29, 1.82) is 0 Å². The van der Waals surface area contributed by atoms with E-state index in [-0.39, 0.29) is 17.0 Å². The summed E-state index contributed by atoms with van der Waals surface area (Å²) in [7, 11) is 0. The number of thioether (sulfide) groups is 1. The minimum Gasteiger partial charge on any atom is -0.411 e. The van der Waals surface area contributed by atoms with Crippen molar-refractivity contribution >= 4 is 23.7 Å². The topological polar surface area (TPSA) is 110 Å². The van der Waals surface area contributed by atoms with Crippen LogP contribution < -0.4 is 10.6 Å². The van der Waals surface area contributed by atoms with E-state index < -0.39 is 11.9 Å². The molecule has 0 unspecified atom stereocenters. The SMILES string of the molecule is O=C(CSc1nnc(-c2cccnc2)o1)NC(=O)NC1CCCCC1. The highest BCUT2D eigenvalue weighted by Crippen LogP contribution is 2.22. The predicted molar refractivity (Wildman–Crippen MR) is 91.8 cm³/mol. The van der Waals surface area contributed by atoms with Gasteiger partial charge in [0.25, 0.3) is 5.22 Å². The summed E-state index contributed by atoms with van der Waals surface area (Å²) in [4.78, 5) is 27.6. The quantitative estimate of drug-likeness (QED) is 0.787. The zero-order valence-corrected chi connectivity index (χ0v) is 14.4. The molecule has 2 N–H and O–H groups in total. The second kappa shape index (κ2) is 8.61. The van der Waals surface area contributed by atoms with Gasteiger partial charge in [0.1, 0.15) is 0 Å². The number of imide groups is 1. The van der Waals surface area contributed by atoms with Crippen LogP contribution in [-0.4, -0.2) is 38.9 Å². The number of nitrogens with zero attached hydrogens (tertiary/aromatic N) is 3. The van der Waals surface area contributed by atoms with Crippen LogP contribution in [-0.2, 0) is 4.79 Å². The highest BCUT2D eigenvalue weighted by atomic mass is 32.2. The Hall–Kier alpha value is -2.42. The van der Waals surface area contributed by atoms with Crippen LogP contribution >= 0.6 is 11.8 Å². The molecule has 0 aromatic carbocycles. The minimum atomic E-state index is -0.445. The Kier molecular flexibility index (Phi) is 5.99. The molecular weight excluding hydrogens is 342 g/mol. The maximum atomic E-state index is 11.9. The Labute approximate surface area is 149 Å². The molecule has 0 aliphatic heterocycles. The van der Waals surface area contributed by atoms with Gasteiger partial charge >= 0.3 is 6.03 Å².